The van der Waals surface area contributed by atoms with Gasteiger partial charge in [-0.2, -0.15) is 11.8 Å². The molecular weight excluding hydrogens is 447 g/mol. The SMILES string of the molecule is CCCCNC(=NCc1nnc(C)n1C)NC1CCC(SCC)C1.I. The number of thioether (sulfide) groups is 1. The number of guanidine groups is 1. The van der Waals surface area contributed by atoms with E-state index in [1.807, 2.05) is 18.5 Å². The van der Waals surface area contributed by atoms with Crippen LogP contribution in [0.25, 0.3) is 0 Å². The molecule has 8 heteroatoms. The molecular formula is C17H33IN6S. The van der Waals surface area contributed by atoms with Gasteiger partial charge in [0, 0.05) is 24.9 Å². The van der Waals surface area contributed by atoms with Crippen LogP contribution < -0.4 is 10.6 Å². The first-order valence-corrected chi connectivity index (χ1v) is 10.2. The molecule has 6 nitrogen and oxygen atoms in total. The zero-order valence-electron chi connectivity index (χ0n) is 15.9. The monoisotopic (exact) mass is 480 g/mol. The van der Waals surface area contributed by atoms with Gasteiger partial charge < -0.3 is 15.2 Å². The molecule has 25 heavy (non-hydrogen) atoms. The van der Waals surface area contributed by atoms with Crippen molar-refractivity contribution in [2.45, 2.75) is 70.7 Å². The normalized spacial score (nSPS) is 20.4. The minimum absolute atomic E-state index is 0. The van der Waals surface area contributed by atoms with E-state index in [9.17, 15) is 0 Å². The highest BCUT2D eigenvalue weighted by Crippen LogP contribution is 2.29. The number of aryl methyl sites for hydroxylation is 1. The molecule has 144 valence electrons. The van der Waals surface area contributed by atoms with Crippen LogP contribution in [0.2, 0.25) is 0 Å². The summed E-state index contributed by atoms with van der Waals surface area (Å²) in [5, 5.41) is 16.2. The van der Waals surface area contributed by atoms with E-state index in [1.165, 1.54) is 31.4 Å². The average molecular weight is 480 g/mol. The number of rotatable bonds is 8. The Morgan fingerprint density at radius 3 is 2.76 bits per heavy atom. The Morgan fingerprint density at radius 1 is 1.32 bits per heavy atom. The Balaban J connectivity index is 0.00000312. The van der Waals surface area contributed by atoms with Gasteiger partial charge >= 0.3 is 0 Å². The highest BCUT2D eigenvalue weighted by atomic mass is 127. The highest BCUT2D eigenvalue weighted by molar-refractivity contribution is 14.0. The van der Waals surface area contributed by atoms with E-state index in [2.05, 4.69) is 46.4 Å². The van der Waals surface area contributed by atoms with Crippen molar-refractivity contribution in [1.29, 1.82) is 0 Å². The molecule has 0 aliphatic heterocycles. The zero-order valence-corrected chi connectivity index (χ0v) is 19.1. The van der Waals surface area contributed by atoms with Gasteiger partial charge in [0.25, 0.3) is 0 Å². The van der Waals surface area contributed by atoms with Crippen LogP contribution in [0.5, 0.6) is 0 Å². The Kier molecular flexibility index (Phi) is 10.8. The lowest BCUT2D eigenvalue weighted by Gasteiger charge is -2.18. The van der Waals surface area contributed by atoms with Crippen molar-refractivity contribution in [1.82, 2.24) is 25.4 Å². The van der Waals surface area contributed by atoms with Crippen molar-refractivity contribution in [3.05, 3.63) is 11.6 Å². The molecule has 1 heterocycles. The third-order valence-corrected chi connectivity index (χ3v) is 5.74. The second kappa shape index (κ2) is 12.0. The van der Waals surface area contributed by atoms with Gasteiger partial charge in [-0.25, -0.2) is 4.99 Å². The van der Waals surface area contributed by atoms with Crippen molar-refractivity contribution in [2.75, 3.05) is 12.3 Å². The molecule has 0 bridgehead atoms. The molecule has 1 aromatic rings. The van der Waals surface area contributed by atoms with Crippen LogP contribution in [0.15, 0.2) is 4.99 Å². The first-order valence-electron chi connectivity index (χ1n) is 9.15. The minimum atomic E-state index is 0. The van der Waals surface area contributed by atoms with Gasteiger partial charge in [0.1, 0.15) is 12.4 Å². The summed E-state index contributed by atoms with van der Waals surface area (Å²) >= 11 is 2.08. The fourth-order valence-electron chi connectivity index (χ4n) is 2.93. The molecule has 1 aromatic heterocycles. The second-order valence-corrected chi connectivity index (χ2v) is 7.98. The largest absolute Gasteiger partial charge is 0.356 e. The second-order valence-electron chi connectivity index (χ2n) is 6.40. The third-order valence-electron chi connectivity index (χ3n) is 4.51. The molecule has 0 aromatic carbocycles. The van der Waals surface area contributed by atoms with Crippen molar-refractivity contribution in [3.8, 4) is 0 Å². The number of nitrogens with zero attached hydrogens (tertiary/aromatic N) is 4. The number of nitrogens with one attached hydrogen (secondary N) is 2. The van der Waals surface area contributed by atoms with Gasteiger partial charge in [0.15, 0.2) is 11.8 Å². The van der Waals surface area contributed by atoms with Gasteiger partial charge in [-0.3, -0.25) is 0 Å². The molecule has 0 amide bonds. The summed E-state index contributed by atoms with van der Waals surface area (Å²) in [6.07, 6.45) is 6.11. The Bertz CT molecular complexity index is 533. The molecule has 0 spiro atoms. The van der Waals surface area contributed by atoms with Gasteiger partial charge in [-0.05, 0) is 38.4 Å². The third kappa shape index (κ3) is 7.32. The van der Waals surface area contributed by atoms with Gasteiger partial charge in [0.2, 0.25) is 0 Å². The predicted molar refractivity (Wildman–Crippen MR) is 118 cm³/mol. The lowest BCUT2D eigenvalue weighted by molar-refractivity contribution is 0.607. The number of unbranched alkanes of at least 4 members (excludes halogenated alkanes) is 1. The number of halogens is 1. The van der Waals surface area contributed by atoms with Crippen LogP contribution in [0.1, 0.15) is 57.6 Å². The fourth-order valence-corrected chi connectivity index (χ4v) is 4.07. The van der Waals surface area contributed by atoms with Crippen LogP contribution in [-0.2, 0) is 13.6 Å². The molecule has 0 saturated heterocycles. The number of aliphatic imine (C=N–C) groups is 1. The molecule has 1 saturated carbocycles. The standard InChI is InChI=1S/C17H32N6S.HI/c1-5-7-10-18-17(19-12-16-22-21-13(3)23(16)4)20-14-8-9-15(11-14)24-6-2;/h14-15H,5-12H2,1-4H3,(H2,18,19,20);1H. The van der Waals surface area contributed by atoms with Gasteiger partial charge in [-0.1, -0.05) is 20.3 Å². The highest BCUT2D eigenvalue weighted by Gasteiger charge is 2.25. The summed E-state index contributed by atoms with van der Waals surface area (Å²) in [7, 11) is 1.99. The van der Waals surface area contributed by atoms with Crippen molar-refractivity contribution >= 4 is 41.7 Å². The maximum Gasteiger partial charge on any atom is 0.191 e. The molecule has 1 aliphatic carbocycles. The predicted octanol–water partition coefficient (Wildman–Crippen LogP) is 3.25. The number of hydrogen-bond donors (Lipinski definition) is 2. The first kappa shape index (κ1) is 22.5. The zero-order chi connectivity index (χ0) is 17.4. The van der Waals surface area contributed by atoms with Crippen molar-refractivity contribution in [3.63, 3.8) is 0 Å². The smallest absolute Gasteiger partial charge is 0.191 e. The Morgan fingerprint density at radius 2 is 2.12 bits per heavy atom. The van der Waals surface area contributed by atoms with E-state index >= 15 is 0 Å². The van der Waals surface area contributed by atoms with Gasteiger partial charge in [-0.15, -0.1) is 34.2 Å². The lowest BCUT2D eigenvalue weighted by Crippen LogP contribution is -2.43. The molecule has 0 radical (unpaired) electrons. The van der Waals surface area contributed by atoms with Crippen LogP contribution in [0.4, 0.5) is 0 Å². The molecule has 1 aliphatic rings. The Labute approximate surface area is 173 Å². The number of hydrogen-bond acceptors (Lipinski definition) is 4. The molecule has 2 atom stereocenters. The summed E-state index contributed by atoms with van der Waals surface area (Å²) in [6.45, 7) is 7.92. The van der Waals surface area contributed by atoms with Crippen LogP contribution in [0.3, 0.4) is 0 Å². The molecule has 1 fully saturated rings. The summed E-state index contributed by atoms with van der Waals surface area (Å²) in [5.74, 6) is 3.94. The van der Waals surface area contributed by atoms with Crippen LogP contribution >= 0.6 is 35.7 Å². The summed E-state index contributed by atoms with van der Waals surface area (Å²) in [5.41, 5.74) is 0. The maximum absolute atomic E-state index is 4.74. The van der Waals surface area contributed by atoms with E-state index in [0.29, 0.717) is 12.6 Å². The van der Waals surface area contributed by atoms with Crippen molar-refractivity contribution < 1.29 is 0 Å². The fraction of sp³-hybridized carbons (Fsp3) is 0.824. The summed E-state index contributed by atoms with van der Waals surface area (Å²) < 4.78 is 2.00. The van der Waals surface area contributed by atoms with E-state index in [-0.39, 0.29) is 24.0 Å². The topological polar surface area (TPSA) is 67.1 Å². The summed E-state index contributed by atoms with van der Waals surface area (Å²) in [4.78, 5) is 4.74. The first-order chi connectivity index (χ1) is 11.6. The van der Waals surface area contributed by atoms with Crippen molar-refractivity contribution in [2.24, 2.45) is 12.0 Å². The molecule has 2 rings (SSSR count). The van der Waals surface area contributed by atoms with Crippen LogP contribution in [-0.4, -0.2) is 44.3 Å². The maximum atomic E-state index is 4.74. The Hall–Kier alpha value is -0.510. The van der Waals surface area contributed by atoms with Crippen LogP contribution in [0, 0.1) is 6.92 Å². The average Bonchev–Trinajstić information content (AvgIpc) is 3.13. The van der Waals surface area contributed by atoms with Gasteiger partial charge in [0.05, 0.1) is 0 Å². The molecule has 2 unspecified atom stereocenters. The quantitative estimate of drug-likeness (QED) is 0.259. The van der Waals surface area contributed by atoms with E-state index in [1.54, 1.807) is 0 Å². The van der Waals surface area contributed by atoms with E-state index in [4.69, 9.17) is 4.99 Å². The number of aromatic nitrogens is 3. The lowest BCUT2D eigenvalue weighted by atomic mass is 10.2. The van der Waals surface area contributed by atoms with E-state index in [0.717, 1.165) is 35.8 Å². The van der Waals surface area contributed by atoms with E-state index < -0.39 is 0 Å². The minimum Gasteiger partial charge on any atom is -0.356 e. The summed E-state index contributed by atoms with van der Waals surface area (Å²) in [6, 6.07) is 0.531. The molecule has 2 N–H and O–H groups in total.